The summed E-state index contributed by atoms with van der Waals surface area (Å²) in [5.41, 5.74) is 1.56. The Balaban J connectivity index is 1.47. The van der Waals surface area contributed by atoms with E-state index in [9.17, 15) is 14.9 Å². The predicted molar refractivity (Wildman–Crippen MR) is 115 cm³/mol. The molecule has 0 aliphatic carbocycles. The Hall–Kier alpha value is -4.05. The van der Waals surface area contributed by atoms with Crippen molar-refractivity contribution >= 4 is 50.1 Å². The van der Waals surface area contributed by atoms with Crippen LogP contribution in [0.25, 0.3) is 10.3 Å². The van der Waals surface area contributed by atoms with Crippen LogP contribution in [0.1, 0.15) is 0 Å². The summed E-state index contributed by atoms with van der Waals surface area (Å²) in [4.78, 5) is 33.8. The molecule has 0 saturated carbocycles. The fourth-order valence-corrected chi connectivity index (χ4v) is 3.51. The van der Waals surface area contributed by atoms with Crippen LogP contribution in [-0.4, -0.2) is 28.0 Å². The molecule has 4 aromatic rings. The van der Waals surface area contributed by atoms with Crippen LogP contribution < -0.4 is 15.0 Å². The highest BCUT2D eigenvalue weighted by molar-refractivity contribution is 7.21. The van der Waals surface area contributed by atoms with Crippen molar-refractivity contribution in [3.63, 3.8) is 0 Å². The molecular formula is C20H15N5O4S. The van der Waals surface area contributed by atoms with E-state index in [1.165, 1.54) is 35.6 Å². The van der Waals surface area contributed by atoms with Crippen LogP contribution in [0.15, 0.2) is 66.7 Å². The number of nitro benzene ring substituents is 1. The number of nitrogens with one attached hydrogen (secondary N) is 1. The minimum absolute atomic E-state index is 0.0868. The highest BCUT2D eigenvalue weighted by Gasteiger charge is 2.13. The minimum atomic E-state index is -0.746. The lowest BCUT2D eigenvalue weighted by Crippen LogP contribution is -2.16. The average molecular weight is 421 g/mol. The molecule has 1 N–H and O–H groups in total. The molecule has 4 rings (SSSR count). The average Bonchev–Trinajstić information content (AvgIpc) is 3.15. The fourth-order valence-electron chi connectivity index (χ4n) is 2.69. The summed E-state index contributed by atoms with van der Waals surface area (Å²) in [7, 11) is 1.92. The van der Waals surface area contributed by atoms with Crippen LogP contribution in [0.2, 0.25) is 0 Å². The molecule has 10 heteroatoms. The van der Waals surface area contributed by atoms with Crippen molar-refractivity contribution in [1.82, 2.24) is 9.97 Å². The third kappa shape index (κ3) is 4.18. The number of ether oxygens (including phenoxy) is 1. The number of carbonyl (C=O) groups is 1. The first-order valence-electron chi connectivity index (χ1n) is 8.79. The molecule has 0 saturated heterocycles. The van der Waals surface area contributed by atoms with Gasteiger partial charge in [-0.1, -0.05) is 29.5 Å². The van der Waals surface area contributed by atoms with Gasteiger partial charge in [-0.05, 0) is 36.4 Å². The Kier molecular flexibility index (Phi) is 5.22. The van der Waals surface area contributed by atoms with Crippen molar-refractivity contribution < 1.29 is 14.5 Å². The summed E-state index contributed by atoms with van der Waals surface area (Å²) < 4.78 is 5.13. The van der Waals surface area contributed by atoms with Crippen LogP contribution in [0.4, 0.5) is 27.1 Å². The number of non-ortho nitro benzene ring substituents is 1. The smallest absolute Gasteiger partial charge is 0.410 e. The van der Waals surface area contributed by atoms with Gasteiger partial charge in [0.1, 0.15) is 21.9 Å². The number of carbonyl (C=O) groups excluding carboxylic acids is 1. The largest absolute Gasteiger partial charge is 0.418 e. The molecule has 9 nitrogen and oxygen atoms in total. The van der Waals surface area contributed by atoms with E-state index in [4.69, 9.17) is 4.74 Å². The second-order valence-corrected chi connectivity index (χ2v) is 7.15. The highest BCUT2D eigenvalue weighted by Crippen LogP contribution is 2.29. The first kappa shape index (κ1) is 19.3. The molecule has 0 radical (unpaired) electrons. The zero-order chi connectivity index (χ0) is 21.1. The van der Waals surface area contributed by atoms with E-state index in [2.05, 4.69) is 15.3 Å². The Morgan fingerprint density at radius 2 is 1.80 bits per heavy atom. The maximum absolute atomic E-state index is 12.1. The van der Waals surface area contributed by atoms with Gasteiger partial charge in [0.15, 0.2) is 5.13 Å². The number of thiazole rings is 1. The summed E-state index contributed by atoms with van der Waals surface area (Å²) in [6.45, 7) is 0. The molecule has 2 heterocycles. The van der Waals surface area contributed by atoms with E-state index in [1.807, 2.05) is 54.4 Å². The quantitative estimate of drug-likeness (QED) is 0.357. The van der Waals surface area contributed by atoms with Crippen LogP contribution in [-0.2, 0) is 0 Å². The van der Waals surface area contributed by atoms with Crippen molar-refractivity contribution in [2.45, 2.75) is 0 Å². The molecule has 0 aliphatic heterocycles. The van der Waals surface area contributed by atoms with Gasteiger partial charge in [-0.15, -0.1) is 0 Å². The molecule has 0 unspecified atom stereocenters. The van der Waals surface area contributed by atoms with Gasteiger partial charge in [0.05, 0.1) is 4.92 Å². The van der Waals surface area contributed by atoms with Gasteiger partial charge in [-0.3, -0.25) is 15.4 Å². The van der Waals surface area contributed by atoms with E-state index < -0.39 is 11.0 Å². The second-order valence-electron chi connectivity index (χ2n) is 6.17. The first-order valence-corrected chi connectivity index (χ1v) is 9.61. The Bertz CT molecular complexity index is 1210. The lowest BCUT2D eigenvalue weighted by molar-refractivity contribution is -0.384. The number of hydrogen-bond acceptors (Lipinski definition) is 8. The van der Waals surface area contributed by atoms with Crippen LogP contribution in [0, 0.1) is 10.1 Å². The van der Waals surface area contributed by atoms with Crippen LogP contribution >= 0.6 is 11.3 Å². The van der Waals surface area contributed by atoms with Gasteiger partial charge in [0.25, 0.3) is 5.69 Å². The van der Waals surface area contributed by atoms with Gasteiger partial charge in [-0.2, -0.15) is 0 Å². The van der Waals surface area contributed by atoms with Crippen molar-refractivity contribution in [1.29, 1.82) is 0 Å². The standard InChI is InChI=1S/C20H15N5O4S/c1-24(13-5-3-2-4-6-13)17-12-11-16-18(22-17)30-19(21-16)23-20(26)29-15-9-7-14(8-10-15)25(27)28/h2-12H,1H3,(H,21,23,26). The molecule has 1 amide bonds. The number of hydrogen-bond donors (Lipinski definition) is 1. The highest BCUT2D eigenvalue weighted by atomic mass is 32.1. The van der Waals surface area contributed by atoms with Crippen molar-refractivity contribution in [2.75, 3.05) is 17.3 Å². The molecule has 0 atom stereocenters. The Morgan fingerprint density at radius 1 is 1.07 bits per heavy atom. The van der Waals surface area contributed by atoms with Crippen LogP contribution in [0.5, 0.6) is 5.75 Å². The molecule has 30 heavy (non-hydrogen) atoms. The van der Waals surface area contributed by atoms with Crippen LogP contribution in [0.3, 0.4) is 0 Å². The lowest BCUT2D eigenvalue weighted by atomic mass is 10.3. The number of nitro groups is 1. The monoisotopic (exact) mass is 421 g/mol. The summed E-state index contributed by atoms with van der Waals surface area (Å²) in [5.74, 6) is 0.932. The zero-order valence-corrected chi connectivity index (χ0v) is 16.5. The number of benzene rings is 2. The molecular weight excluding hydrogens is 406 g/mol. The first-order chi connectivity index (χ1) is 14.5. The number of nitrogens with zero attached hydrogens (tertiary/aromatic N) is 4. The number of amides is 1. The zero-order valence-electron chi connectivity index (χ0n) is 15.7. The lowest BCUT2D eigenvalue weighted by Gasteiger charge is -2.17. The van der Waals surface area contributed by atoms with Crippen molar-refractivity contribution in [3.8, 4) is 5.75 Å². The number of pyridine rings is 1. The van der Waals surface area contributed by atoms with Gasteiger partial charge in [-0.25, -0.2) is 14.8 Å². The molecule has 0 bridgehead atoms. The topological polar surface area (TPSA) is 110 Å². The second kappa shape index (κ2) is 8.13. The number of aromatic nitrogens is 2. The molecule has 0 fully saturated rings. The van der Waals surface area contributed by atoms with E-state index in [-0.39, 0.29) is 11.4 Å². The maximum atomic E-state index is 12.1. The van der Waals surface area contributed by atoms with Gasteiger partial charge >= 0.3 is 6.09 Å². The summed E-state index contributed by atoms with van der Waals surface area (Å²) in [6, 6.07) is 18.7. The number of para-hydroxylation sites is 1. The fraction of sp³-hybridized carbons (Fsp3) is 0.0500. The molecule has 0 aliphatic rings. The molecule has 150 valence electrons. The minimum Gasteiger partial charge on any atom is -0.410 e. The maximum Gasteiger partial charge on any atom is 0.418 e. The molecule has 0 spiro atoms. The number of anilines is 3. The molecule has 2 aromatic heterocycles. The molecule has 2 aromatic carbocycles. The third-order valence-electron chi connectivity index (χ3n) is 4.20. The van der Waals surface area contributed by atoms with E-state index in [0.29, 0.717) is 15.5 Å². The number of fused-ring (bicyclic) bond motifs is 1. The van der Waals surface area contributed by atoms with E-state index >= 15 is 0 Å². The van der Waals surface area contributed by atoms with E-state index in [0.717, 1.165) is 11.5 Å². The Morgan fingerprint density at radius 3 is 2.50 bits per heavy atom. The SMILES string of the molecule is CN(c1ccccc1)c1ccc2nc(NC(=O)Oc3ccc([N+](=O)[O-])cc3)sc2n1. The van der Waals surface area contributed by atoms with Gasteiger partial charge in [0, 0.05) is 24.9 Å². The Labute approximate surface area is 174 Å². The normalized spacial score (nSPS) is 10.6. The van der Waals surface area contributed by atoms with Gasteiger partial charge < -0.3 is 9.64 Å². The summed E-state index contributed by atoms with van der Waals surface area (Å²) in [5, 5.41) is 13.6. The third-order valence-corrected chi connectivity index (χ3v) is 5.08. The van der Waals surface area contributed by atoms with Crippen molar-refractivity contribution in [2.24, 2.45) is 0 Å². The summed E-state index contributed by atoms with van der Waals surface area (Å²) >= 11 is 1.22. The summed E-state index contributed by atoms with van der Waals surface area (Å²) in [6.07, 6.45) is -0.746. The van der Waals surface area contributed by atoms with Gasteiger partial charge in [0.2, 0.25) is 0 Å². The predicted octanol–water partition coefficient (Wildman–Crippen LogP) is 4.98. The van der Waals surface area contributed by atoms with Crippen molar-refractivity contribution in [3.05, 3.63) is 76.8 Å². The number of rotatable bonds is 5. The van der Waals surface area contributed by atoms with E-state index in [1.54, 1.807) is 0 Å².